The summed E-state index contributed by atoms with van der Waals surface area (Å²) in [5, 5.41) is 15.7. The van der Waals surface area contributed by atoms with E-state index in [1.807, 2.05) is 20.8 Å². The largest absolute Gasteiger partial charge is 0.396 e. The van der Waals surface area contributed by atoms with Gasteiger partial charge in [0.25, 0.3) is 0 Å². The second kappa shape index (κ2) is 6.58. The zero-order valence-corrected chi connectivity index (χ0v) is 13.1. The summed E-state index contributed by atoms with van der Waals surface area (Å²) < 4.78 is 5.20. The molecule has 0 saturated carbocycles. The minimum absolute atomic E-state index is 0.0537. The van der Waals surface area contributed by atoms with E-state index in [0.29, 0.717) is 12.3 Å². The molecule has 0 aliphatic carbocycles. The fourth-order valence-corrected chi connectivity index (χ4v) is 2.56. The molecule has 2 N–H and O–H groups in total. The number of aliphatic hydroxyl groups excluding tert-OH is 1. The number of amides is 1. The number of hydrogen-bond acceptors (Lipinski definition) is 5. The van der Waals surface area contributed by atoms with Crippen molar-refractivity contribution in [3.05, 3.63) is 11.8 Å². The number of nitrogens with zero attached hydrogens (tertiary/aromatic N) is 2. The molecule has 1 aliphatic heterocycles. The summed E-state index contributed by atoms with van der Waals surface area (Å²) in [6.07, 6.45) is 2.55. The molecule has 1 amide bonds. The molecular formula is C15H25N3O3. The van der Waals surface area contributed by atoms with E-state index < -0.39 is 0 Å². The van der Waals surface area contributed by atoms with Crippen LogP contribution in [0.3, 0.4) is 0 Å². The number of hydrogen-bond donors (Lipinski definition) is 2. The van der Waals surface area contributed by atoms with Crippen molar-refractivity contribution in [3.8, 4) is 0 Å². The Morgan fingerprint density at radius 2 is 2.33 bits per heavy atom. The van der Waals surface area contributed by atoms with Gasteiger partial charge < -0.3 is 9.63 Å². The van der Waals surface area contributed by atoms with Crippen LogP contribution in [-0.4, -0.2) is 46.8 Å². The maximum atomic E-state index is 12.3. The predicted molar refractivity (Wildman–Crippen MR) is 80.1 cm³/mol. The first kappa shape index (κ1) is 16.0. The monoisotopic (exact) mass is 295 g/mol. The van der Waals surface area contributed by atoms with Gasteiger partial charge in [0.15, 0.2) is 0 Å². The van der Waals surface area contributed by atoms with Crippen LogP contribution < -0.4 is 5.32 Å². The number of nitrogens with one attached hydrogen (secondary N) is 1. The molecule has 2 rings (SSSR count). The molecule has 0 unspecified atom stereocenters. The van der Waals surface area contributed by atoms with Gasteiger partial charge >= 0.3 is 0 Å². The number of rotatable bonds is 5. The minimum atomic E-state index is -0.139. The van der Waals surface area contributed by atoms with E-state index in [0.717, 1.165) is 31.6 Å². The van der Waals surface area contributed by atoms with Crippen LogP contribution in [-0.2, 0) is 10.2 Å². The van der Waals surface area contributed by atoms with Crippen molar-refractivity contribution in [3.63, 3.8) is 0 Å². The van der Waals surface area contributed by atoms with Gasteiger partial charge in [0.05, 0.1) is 11.7 Å². The van der Waals surface area contributed by atoms with Crippen LogP contribution >= 0.6 is 0 Å². The number of carbonyl (C=O) groups is 1. The van der Waals surface area contributed by atoms with E-state index in [9.17, 15) is 4.79 Å². The van der Waals surface area contributed by atoms with Crippen LogP contribution in [0.15, 0.2) is 10.6 Å². The summed E-state index contributed by atoms with van der Waals surface area (Å²) in [5.41, 5.74) is 0.717. The number of aromatic nitrogens is 1. The molecule has 21 heavy (non-hydrogen) atoms. The first-order valence-electron chi connectivity index (χ1n) is 7.55. The van der Waals surface area contributed by atoms with Crippen molar-refractivity contribution in [1.29, 1.82) is 0 Å². The van der Waals surface area contributed by atoms with Crippen LogP contribution in [0.4, 0.5) is 5.88 Å². The lowest BCUT2D eigenvalue weighted by atomic mass is 9.92. The highest BCUT2D eigenvalue weighted by molar-refractivity contribution is 5.93. The standard InChI is InChI=1S/C15H25N3O3/c1-15(2,3)12-10-13(21-17-12)16-14(20)11-6-4-7-18(11)8-5-9-19/h10-11,19H,4-9H2,1-3H3,(H,16,20)/t11-/m0/s1. The zero-order valence-electron chi connectivity index (χ0n) is 13.1. The lowest BCUT2D eigenvalue weighted by Crippen LogP contribution is -2.40. The summed E-state index contributed by atoms with van der Waals surface area (Å²) in [4.78, 5) is 14.5. The molecule has 1 fully saturated rings. The molecular weight excluding hydrogens is 270 g/mol. The van der Waals surface area contributed by atoms with E-state index >= 15 is 0 Å². The zero-order chi connectivity index (χ0) is 15.5. The molecule has 1 aromatic heterocycles. The number of anilines is 1. The van der Waals surface area contributed by atoms with Gasteiger partial charge in [0, 0.05) is 24.6 Å². The van der Waals surface area contributed by atoms with Crippen molar-refractivity contribution in [2.45, 2.75) is 51.5 Å². The van der Waals surface area contributed by atoms with Gasteiger partial charge in [-0.3, -0.25) is 15.0 Å². The molecule has 2 heterocycles. The van der Waals surface area contributed by atoms with Crippen molar-refractivity contribution in [1.82, 2.24) is 10.1 Å². The summed E-state index contributed by atoms with van der Waals surface area (Å²) in [5.74, 6) is 0.348. The topological polar surface area (TPSA) is 78.6 Å². The molecule has 6 heteroatoms. The molecule has 0 bridgehead atoms. The lowest BCUT2D eigenvalue weighted by Gasteiger charge is -2.22. The third kappa shape index (κ3) is 4.04. The first-order valence-corrected chi connectivity index (χ1v) is 7.55. The third-order valence-electron chi connectivity index (χ3n) is 3.79. The van der Waals surface area contributed by atoms with Gasteiger partial charge in [-0.25, -0.2) is 0 Å². The quantitative estimate of drug-likeness (QED) is 0.865. The summed E-state index contributed by atoms with van der Waals surface area (Å²) in [6.45, 7) is 7.94. The van der Waals surface area contributed by atoms with Gasteiger partial charge in [-0.1, -0.05) is 25.9 Å². The van der Waals surface area contributed by atoms with E-state index in [4.69, 9.17) is 9.63 Å². The molecule has 1 aromatic rings. The van der Waals surface area contributed by atoms with Crippen LogP contribution in [0.25, 0.3) is 0 Å². The Hall–Kier alpha value is -1.40. The molecule has 1 atom stereocenters. The van der Waals surface area contributed by atoms with Gasteiger partial charge in [0.2, 0.25) is 11.8 Å². The average molecular weight is 295 g/mol. The maximum absolute atomic E-state index is 12.3. The Morgan fingerprint density at radius 1 is 1.57 bits per heavy atom. The maximum Gasteiger partial charge on any atom is 0.244 e. The summed E-state index contributed by atoms with van der Waals surface area (Å²) >= 11 is 0. The van der Waals surface area contributed by atoms with E-state index in [2.05, 4.69) is 15.4 Å². The average Bonchev–Trinajstić information content (AvgIpc) is 3.03. The van der Waals surface area contributed by atoms with Gasteiger partial charge in [-0.2, -0.15) is 0 Å². The molecule has 1 saturated heterocycles. The van der Waals surface area contributed by atoms with E-state index in [1.54, 1.807) is 6.07 Å². The normalized spacial score (nSPS) is 19.9. The fourth-order valence-electron chi connectivity index (χ4n) is 2.56. The van der Waals surface area contributed by atoms with E-state index in [1.165, 1.54) is 0 Å². The molecule has 1 aliphatic rings. The molecule has 118 valence electrons. The van der Waals surface area contributed by atoms with E-state index in [-0.39, 0.29) is 24.0 Å². The van der Waals surface area contributed by atoms with Gasteiger partial charge in [0.1, 0.15) is 0 Å². The van der Waals surface area contributed by atoms with Crippen LogP contribution in [0.2, 0.25) is 0 Å². The van der Waals surface area contributed by atoms with Crippen molar-refractivity contribution >= 4 is 11.8 Å². The highest BCUT2D eigenvalue weighted by Crippen LogP contribution is 2.24. The molecule has 6 nitrogen and oxygen atoms in total. The summed E-state index contributed by atoms with van der Waals surface area (Å²) in [7, 11) is 0. The highest BCUT2D eigenvalue weighted by atomic mass is 16.5. The number of likely N-dealkylation sites (tertiary alicyclic amines) is 1. The van der Waals surface area contributed by atoms with Crippen LogP contribution in [0.5, 0.6) is 0 Å². The summed E-state index contributed by atoms with van der Waals surface area (Å²) in [6, 6.07) is 1.64. The Kier molecular flexibility index (Phi) is 5.00. The minimum Gasteiger partial charge on any atom is -0.396 e. The number of carbonyl (C=O) groups excluding carboxylic acids is 1. The second-order valence-electron chi connectivity index (χ2n) is 6.59. The van der Waals surface area contributed by atoms with Crippen molar-refractivity contribution in [2.24, 2.45) is 0 Å². The Labute approximate surface area is 125 Å². The van der Waals surface area contributed by atoms with Gasteiger partial charge in [-0.15, -0.1) is 0 Å². The predicted octanol–water partition coefficient (Wildman–Crippen LogP) is 1.76. The fraction of sp³-hybridized carbons (Fsp3) is 0.733. The Balaban J connectivity index is 1.96. The Bertz CT molecular complexity index is 479. The number of aliphatic hydroxyl groups is 1. The highest BCUT2D eigenvalue weighted by Gasteiger charge is 2.31. The van der Waals surface area contributed by atoms with Crippen LogP contribution in [0.1, 0.15) is 45.7 Å². The smallest absolute Gasteiger partial charge is 0.244 e. The second-order valence-corrected chi connectivity index (χ2v) is 6.59. The Morgan fingerprint density at radius 3 is 2.95 bits per heavy atom. The molecule has 0 radical (unpaired) electrons. The van der Waals surface area contributed by atoms with Gasteiger partial charge in [-0.05, 0) is 25.8 Å². The lowest BCUT2D eigenvalue weighted by molar-refractivity contribution is -0.120. The van der Waals surface area contributed by atoms with Crippen molar-refractivity contribution < 1.29 is 14.4 Å². The SMILES string of the molecule is CC(C)(C)c1cc(NC(=O)[C@@H]2CCCN2CCCO)on1. The molecule has 0 spiro atoms. The third-order valence-corrected chi connectivity index (χ3v) is 3.79. The van der Waals surface area contributed by atoms with Crippen molar-refractivity contribution in [2.75, 3.05) is 25.0 Å². The first-order chi connectivity index (χ1) is 9.91. The van der Waals surface area contributed by atoms with Crippen LogP contribution in [0, 0.1) is 0 Å². The molecule has 0 aromatic carbocycles.